The van der Waals surface area contributed by atoms with Gasteiger partial charge in [0.05, 0.1) is 11.9 Å². The lowest BCUT2D eigenvalue weighted by Gasteiger charge is -2.13. The van der Waals surface area contributed by atoms with Crippen LogP contribution in [0.3, 0.4) is 0 Å². The van der Waals surface area contributed by atoms with Crippen LogP contribution in [0.25, 0.3) is 11.0 Å². The fraction of sp³-hybridized carbons (Fsp3) is 0.200. The van der Waals surface area contributed by atoms with E-state index in [1.54, 1.807) is 12.3 Å². The fourth-order valence-corrected chi connectivity index (χ4v) is 2.02. The van der Waals surface area contributed by atoms with Crippen molar-refractivity contribution >= 4 is 28.5 Å². The van der Waals surface area contributed by atoms with Crippen LogP contribution in [0, 0.1) is 0 Å². The summed E-state index contributed by atoms with van der Waals surface area (Å²) in [4.78, 5) is 11.6. The number of H-pyrrole nitrogens is 1. The molecule has 2 aromatic heterocycles. The van der Waals surface area contributed by atoms with Crippen LogP contribution >= 0.6 is 0 Å². The first kappa shape index (κ1) is 14.2. The number of nitrogens with zero attached hydrogens (tertiary/aromatic N) is 2. The van der Waals surface area contributed by atoms with E-state index in [2.05, 4.69) is 25.6 Å². The summed E-state index contributed by atoms with van der Waals surface area (Å²) in [5.41, 5.74) is 1.40. The van der Waals surface area contributed by atoms with Gasteiger partial charge in [0.25, 0.3) is 5.92 Å². The van der Waals surface area contributed by atoms with Gasteiger partial charge in [-0.05, 0) is 18.2 Å². The van der Waals surface area contributed by atoms with Gasteiger partial charge in [0, 0.05) is 18.8 Å². The Bertz CT molecular complexity index is 764. The second kappa shape index (κ2) is 5.59. The summed E-state index contributed by atoms with van der Waals surface area (Å²) in [6.45, 7) is 0.369. The minimum Gasteiger partial charge on any atom is -0.363 e. The second-order valence-electron chi connectivity index (χ2n) is 5.05. The van der Waals surface area contributed by atoms with E-state index in [1.165, 1.54) is 0 Å². The molecule has 2 heterocycles. The normalized spacial score (nSPS) is 11.6. The van der Waals surface area contributed by atoms with E-state index in [-0.39, 0.29) is 0 Å². The number of alkyl halides is 2. The van der Waals surface area contributed by atoms with Crippen LogP contribution in [0.1, 0.15) is 6.92 Å². The predicted octanol–water partition coefficient (Wildman–Crippen LogP) is 3.77. The molecule has 3 N–H and O–H groups in total. The van der Waals surface area contributed by atoms with Crippen molar-refractivity contribution in [1.29, 1.82) is 0 Å². The van der Waals surface area contributed by atoms with E-state index in [9.17, 15) is 8.78 Å². The van der Waals surface area contributed by atoms with E-state index >= 15 is 0 Å². The van der Waals surface area contributed by atoms with E-state index in [0.29, 0.717) is 22.8 Å². The minimum absolute atomic E-state index is 0.336. The van der Waals surface area contributed by atoms with Gasteiger partial charge in [-0.1, -0.05) is 18.2 Å². The van der Waals surface area contributed by atoms with Crippen LogP contribution < -0.4 is 10.6 Å². The van der Waals surface area contributed by atoms with Gasteiger partial charge in [-0.2, -0.15) is 9.97 Å². The van der Waals surface area contributed by atoms with Gasteiger partial charge in [-0.25, -0.2) is 8.78 Å². The molecule has 0 spiro atoms. The highest BCUT2D eigenvalue weighted by Gasteiger charge is 2.21. The van der Waals surface area contributed by atoms with Gasteiger partial charge in [0.2, 0.25) is 5.95 Å². The molecule has 0 radical (unpaired) electrons. The molecule has 0 aliphatic carbocycles. The molecule has 0 fully saturated rings. The molecular formula is C15H15F2N5. The molecule has 0 saturated carbocycles. The standard InChI is InChI=1S/C15H15F2N5/c1-15(16,17)9-19-13-11-7-8-18-12(11)21-14(22-13)20-10-5-3-2-4-6-10/h2-8H,9H2,1H3,(H3,18,19,20,21,22). The molecule has 0 unspecified atom stereocenters. The third kappa shape index (κ3) is 3.30. The van der Waals surface area contributed by atoms with Gasteiger partial charge in [-0.15, -0.1) is 0 Å². The third-order valence-corrected chi connectivity index (χ3v) is 3.01. The van der Waals surface area contributed by atoms with Crippen LogP contribution in [0.4, 0.5) is 26.2 Å². The van der Waals surface area contributed by atoms with Crippen molar-refractivity contribution in [1.82, 2.24) is 15.0 Å². The molecule has 0 aliphatic rings. The molecule has 7 heteroatoms. The monoisotopic (exact) mass is 303 g/mol. The van der Waals surface area contributed by atoms with E-state index in [4.69, 9.17) is 0 Å². The molecule has 0 aliphatic heterocycles. The summed E-state index contributed by atoms with van der Waals surface area (Å²) in [7, 11) is 0. The molecule has 22 heavy (non-hydrogen) atoms. The van der Waals surface area contributed by atoms with Crippen LogP contribution in [-0.4, -0.2) is 27.4 Å². The van der Waals surface area contributed by atoms with Crippen LogP contribution in [0.2, 0.25) is 0 Å². The molecule has 0 saturated heterocycles. The highest BCUT2D eigenvalue weighted by molar-refractivity contribution is 5.88. The quantitative estimate of drug-likeness (QED) is 0.671. The minimum atomic E-state index is -2.82. The highest BCUT2D eigenvalue weighted by atomic mass is 19.3. The summed E-state index contributed by atoms with van der Waals surface area (Å²) in [6.07, 6.45) is 1.70. The Morgan fingerprint density at radius 2 is 1.91 bits per heavy atom. The average molecular weight is 303 g/mol. The SMILES string of the molecule is CC(F)(F)CNc1nc(Nc2ccccc2)nc2[nH]ccc12. The van der Waals surface area contributed by atoms with Gasteiger partial charge < -0.3 is 15.6 Å². The molecule has 3 rings (SSSR count). The Labute approximate surface area is 125 Å². The summed E-state index contributed by atoms with van der Waals surface area (Å²) >= 11 is 0. The zero-order chi connectivity index (χ0) is 15.6. The lowest BCUT2D eigenvalue weighted by atomic mass is 10.3. The predicted molar refractivity (Wildman–Crippen MR) is 82.7 cm³/mol. The molecule has 3 aromatic rings. The first-order valence-corrected chi connectivity index (χ1v) is 6.80. The molecule has 114 valence electrons. The van der Waals surface area contributed by atoms with Gasteiger partial charge in [-0.3, -0.25) is 0 Å². The molecular weight excluding hydrogens is 288 g/mol. The molecule has 0 atom stereocenters. The largest absolute Gasteiger partial charge is 0.363 e. The number of aromatic amines is 1. The van der Waals surface area contributed by atoms with Crippen molar-refractivity contribution in [3.8, 4) is 0 Å². The van der Waals surface area contributed by atoms with Crippen molar-refractivity contribution in [2.45, 2.75) is 12.8 Å². The number of halogens is 2. The van der Waals surface area contributed by atoms with E-state index in [0.717, 1.165) is 12.6 Å². The molecule has 1 aromatic carbocycles. The van der Waals surface area contributed by atoms with Crippen LogP contribution in [0.15, 0.2) is 42.6 Å². The van der Waals surface area contributed by atoms with Gasteiger partial charge in [0.1, 0.15) is 11.5 Å². The third-order valence-electron chi connectivity index (χ3n) is 3.01. The number of anilines is 3. The average Bonchev–Trinajstić information content (AvgIpc) is 2.93. The number of aromatic nitrogens is 3. The number of rotatable bonds is 5. The first-order valence-electron chi connectivity index (χ1n) is 6.80. The Morgan fingerprint density at radius 3 is 2.64 bits per heavy atom. The summed E-state index contributed by atoms with van der Waals surface area (Å²) < 4.78 is 26.1. The summed E-state index contributed by atoms with van der Waals surface area (Å²) in [5.74, 6) is -2.12. The zero-order valence-corrected chi connectivity index (χ0v) is 11.9. The zero-order valence-electron chi connectivity index (χ0n) is 11.9. The first-order chi connectivity index (χ1) is 10.5. The number of hydrogen-bond acceptors (Lipinski definition) is 4. The number of fused-ring (bicyclic) bond motifs is 1. The number of nitrogens with one attached hydrogen (secondary N) is 3. The number of para-hydroxylation sites is 1. The number of hydrogen-bond donors (Lipinski definition) is 3. The van der Waals surface area contributed by atoms with Crippen molar-refractivity contribution in [2.24, 2.45) is 0 Å². The van der Waals surface area contributed by atoms with Crippen molar-refractivity contribution in [3.63, 3.8) is 0 Å². The Hall–Kier alpha value is -2.70. The Balaban J connectivity index is 1.91. The maximum atomic E-state index is 13.1. The fourth-order valence-electron chi connectivity index (χ4n) is 2.02. The number of benzene rings is 1. The van der Waals surface area contributed by atoms with Crippen molar-refractivity contribution in [3.05, 3.63) is 42.6 Å². The maximum Gasteiger partial charge on any atom is 0.262 e. The maximum absolute atomic E-state index is 13.1. The van der Waals surface area contributed by atoms with Crippen LogP contribution in [-0.2, 0) is 0 Å². The van der Waals surface area contributed by atoms with Gasteiger partial charge >= 0.3 is 0 Å². The lowest BCUT2D eigenvalue weighted by Crippen LogP contribution is -2.23. The van der Waals surface area contributed by atoms with E-state index < -0.39 is 12.5 Å². The molecule has 0 bridgehead atoms. The molecule has 0 amide bonds. The summed E-state index contributed by atoms with van der Waals surface area (Å²) in [5, 5.41) is 6.40. The van der Waals surface area contributed by atoms with Gasteiger partial charge in [0.15, 0.2) is 0 Å². The topological polar surface area (TPSA) is 65.6 Å². The Kier molecular flexibility index (Phi) is 3.62. The smallest absolute Gasteiger partial charge is 0.262 e. The second-order valence-corrected chi connectivity index (χ2v) is 5.05. The van der Waals surface area contributed by atoms with E-state index in [1.807, 2.05) is 30.3 Å². The van der Waals surface area contributed by atoms with Crippen LogP contribution in [0.5, 0.6) is 0 Å². The van der Waals surface area contributed by atoms with Crippen molar-refractivity contribution in [2.75, 3.05) is 17.2 Å². The summed E-state index contributed by atoms with van der Waals surface area (Å²) in [6, 6.07) is 11.2. The highest BCUT2D eigenvalue weighted by Crippen LogP contribution is 2.24. The van der Waals surface area contributed by atoms with Crippen molar-refractivity contribution < 1.29 is 8.78 Å². The lowest BCUT2D eigenvalue weighted by molar-refractivity contribution is 0.0367. The molecule has 5 nitrogen and oxygen atoms in total. The Morgan fingerprint density at radius 1 is 1.14 bits per heavy atom.